The number of unbranched alkanes of at least 4 members (excludes halogenated alkanes) is 1. The fourth-order valence-corrected chi connectivity index (χ4v) is 3.09. The average Bonchev–Trinajstić information content (AvgIpc) is 3.14. The minimum absolute atomic E-state index is 0.118. The highest BCUT2D eigenvalue weighted by Gasteiger charge is 2.28. The van der Waals surface area contributed by atoms with Gasteiger partial charge in [-0.25, -0.2) is 4.68 Å². The zero-order valence-corrected chi connectivity index (χ0v) is 15.5. The number of nitrogens with zero attached hydrogens (tertiary/aromatic N) is 4. The Kier molecular flexibility index (Phi) is 7.80. The van der Waals surface area contributed by atoms with E-state index in [1.807, 2.05) is 11.1 Å². The third-order valence-corrected chi connectivity index (χ3v) is 5.09. The lowest BCUT2D eigenvalue weighted by atomic mass is 9.98. The Morgan fingerprint density at radius 1 is 1.36 bits per heavy atom. The number of piperazine rings is 1. The summed E-state index contributed by atoms with van der Waals surface area (Å²) in [4.78, 5) is 14.9. The fraction of sp³-hybridized carbons (Fsp3) is 0.824. The molecule has 1 saturated heterocycles. The van der Waals surface area contributed by atoms with Crippen LogP contribution in [-0.2, 0) is 4.79 Å². The number of hydrogen-bond donors (Lipinski definition) is 3. The first-order chi connectivity index (χ1) is 12.1. The van der Waals surface area contributed by atoms with Crippen molar-refractivity contribution in [2.75, 3.05) is 32.7 Å². The number of hydrogen-bond acceptors (Lipinski definition) is 6. The highest BCUT2D eigenvalue weighted by Crippen LogP contribution is 2.23. The van der Waals surface area contributed by atoms with E-state index in [-0.39, 0.29) is 18.0 Å². The summed E-state index contributed by atoms with van der Waals surface area (Å²) >= 11 is 0. The molecule has 2 heterocycles. The summed E-state index contributed by atoms with van der Waals surface area (Å²) in [5.41, 5.74) is 12.6. The van der Waals surface area contributed by atoms with Crippen LogP contribution in [0.25, 0.3) is 0 Å². The molecule has 2 rings (SSSR count). The maximum absolute atomic E-state index is 13.0. The summed E-state index contributed by atoms with van der Waals surface area (Å²) in [6.45, 7) is 7.99. The summed E-state index contributed by atoms with van der Waals surface area (Å²) in [6.07, 6.45) is 5.35. The summed E-state index contributed by atoms with van der Waals surface area (Å²) in [7, 11) is 0. The predicted molar refractivity (Wildman–Crippen MR) is 97.8 cm³/mol. The molecule has 1 aromatic heterocycles. The lowest BCUT2D eigenvalue weighted by molar-refractivity contribution is -0.136. The molecule has 1 fully saturated rings. The van der Waals surface area contributed by atoms with Gasteiger partial charge in [-0.2, -0.15) is 0 Å². The molecule has 5 N–H and O–H groups in total. The van der Waals surface area contributed by atoms with Crippen molar-refractivity contribution in [2.24, 2.45) is 17.4 Å². The van der Waals surface area contributed by atoms with Gasteiger partial charge >= 0.3 is 0 Å². The van der Waals surface area contributed by atoms with E-state index >= 15 is 0 Å². The van der Waals surface area contributed by atoms with Crippen molar-refractivity contribution in [3.8, 4) is 0 Å². The largest absolute Gasteiger partial charge is 0.338 e. The normalized spacial score (nSPS) is 18.8. The summed E-state index contributed by atoms with van der Waals surface area (Å²) < 4.78 is 1.71. The zero-order chi connectivity index (χ0) is 18.2. The minimum atomic E-state index is -0.324. The van der Waals surface area contributed by atoms with Crippen molar-refractivity contribution in [1.29, 1.82) is 0 Å². The number of rotatable bonds is 9. The van der Waals surface area contributed by atoms with Gasteiger partial charge in [0.1, 0.15) is 6.04 Å². The molecule has 1 aliphatic heterocycles. The molecule has 8 heteroatoms. The molecule has 0 unspecified atom stereocenters. The molecule has 1 amide bonds. The van der Waals surface area contributed by atoms with E-state index in [0.29, 0.717) is 12.5 Å². The monoisotopic (exact) mass is 351 g/mol. The molecule has 0 saturated carbocycles. The molecule has 25 heavy (non-hydrogen) atoms. The molecule has 0 aromatic carbocycles. The number of nitrogens with two attached hydrogens (primary N) is 2. The highest BCUT2D eigenvalue weighted by atomic mass is 16.2. The Balaban J connectivity index is 2.14. The molecule has 0 aliphatic carbocycles. The minimum Gasteiger partial charge on any atom is -0.338 e. The second-order valence-electron chi connectivity index (χ2n) is 6.91. The summed E-state index contributed by atoms with van der Waals surface area (Å²) in [5.74, 6) is 0.441. The fourth-order valence-electron chi connectivity index (χ4n) is 3.09. The smallest absolute Gasteiger partial charge is 0.247 e. The van der Waals surface area contributed by atoms with Gasteiger partial charge in [-0.15, -0.1) is 5.10 Å². The SMILES string of the molecule is CC[C@H](C)[C@H](N)c1cn([C@@H](CCCCN)C(=O)N2CCNCC2)nn1. The van der Waals surface area contributed by atoms with Gasteiger partial charge in [-0.3, -0.25) is 4.79 Å². The van der Waals surface area contributed by atoms with Crippen LogP contribution in [0, 0.1) is 5.92 Å². The molecular weight excluding hydrogens is 318 g/mol. The Morgan fingerprint density at radius 3 is 2.72 bits per heavy atom. The maximum Gasteiger partial charge on any atom is 0.247 e. The number of amides is 1. The standard InChI is InChI=1S/C17H33N7O/c1-3-13(2)16(19)14-12-24(22-21-14)15(6-4-5-7-18)17(25)23-10-8-20-9-11-23/h12-13,15-16,20H,3-11,18-19H2,1-2H3/t13-,15-,16-/m0/s1. The van der Waals surface area contributed by atoms with E-state index in [1.54, 1.807) is 4.68 Å². The van der Waals surface area contributed by atoms with Crippen LogP contribution in [0.4, 0.5) is 0 Å². The van der Waals surface area contributed by atoms with Crippen molar-refractivity contribution >= 4 is 5.91 Å². The second kappa shape index (κ2) is 9.84. The molecule has 1 aromatic rings. The Labute approximate surface area is 150 Å². The first kappa shape index (κ1) is 19.8. The van der Waals surface area contributed by atoms with E-state index < -0.39 is 0 Å². The van der Waals surface area contributed by atoms with Crippen molar-refractivity contribution in [3.63, 3.8) is 0 Å². The summed E-state index contributed by atoms with van der Waals surface area (Å²) in [5, 5.41) is 11.8. The highest BCUT2D eigenvalue weighted by molar-refractivity contribution is 5.80. The maximum atomic E-state index is 13.0. The van der Waals surface area contributed by atoms with Crippen LogP contribution < -0.4 is 16.8 Å². The predicted octanol–water partition coefficient (Wildman–Crippen LogP) is 0.426. The van der Waals surface area contributed by atoms with Crippen molar-refractivity contribution in [2.45, 2.75) is 51.6 Å². The van der Waals surface area contributed by atoms with Gasteiger partial charge in [-0.1, -0.05) is 25.5 Å². The Morgan fingerprint density at radius 2 is 2.08 bits per heavy atom. The van der Waals surface area contributed by atoms with E-state index in [9.17, 15) is 4.79 Å². The van der Waals surface area contributed by atoms with Crippen LogP contribution in [0.5, 0.6) is 0 Å². The van der Waals surface area contributed by atoms with Crippen LogP contribution in [0.1, 0.15) is 57.3 Å². The van der Waals surface area contributed by atoms with Crippen LogP contribution >= 0.6 is 0 Å². The first-order valence-corrected chi connectivity index (χ1v) is 9.45. The van der Waals surface area contributed by atoms with E-state index in [0.717, 1.165) is 57.6 Å². The molecule has 8 nitrogen and oxygen atoms in total. The molecular formula is C17H33N7O. The third-order valence-electron chi connectivity index (χ3n) is 5.09. The average molecular weight is 351 g/mol. The summed E-state index contributed by atoms with van der Waals surface area (Å²) in [6, 6.07) is -0.479. The second-order valence-corrected chi connectivity index (χ2v) is 6.91. The third kappa shape index (κ3) is 5.23. The van der Waals surface area contributed by atoms with E-state index in [1.165, 1.54) is 0 Å². The van der Waals surface area contributed by atoms with Gasteiger partial charge in [0, 0.05) is 26.2 Å². The van der Waals surface area contributed by atoms with Crippen molar-refractivity contribution < 1.29 is 4.79 Å². The van der Waals surface area contributed by atoms with Crippen molar-refractivity contribution in [1.82, 2.24) is 25.2 Å². The zero-order valence-electron chi connectivity index (χ0n) is 15.5. The molecule has 0 radical (unpaired) electrons. The van der Waals surface area contributed by atoms with E-state index in [4.69, 9.17) is 11.5 Å². The van der Waals surface area contributed by atoms with Crippen LogP contribution in [0.2, 0.25) is 0 Å². The van der Waals surface area contributed by atoms with Gasteiger partial charge < -0.3 is 21.7 Å². The Bertz CT molecular complexity index is 527. The first-order valence-electron chi connectivity index (χ1n) is 9.45. The molecule has 0 spiro atoms. The molecule has 0 bridgehead atoms. The lowest BCUT2D eigenvalue weighted by Gasteiger charge is -2.30. The van der Waals surface area contributed by atoms with Gasteiger partial charge in [0.15, 0.2) is 0 Å². The number of aromatic nitrogens is 3. The van der Waals surface area contributed by atoms with Gasteiger partial charge in [0.05, 0.1) is 17.9 Å². The molecule has 1 aliphatic rings. The van der Waals surface area contributed by atoms with Gasteiger partial charge in [0.25, 0.3) is 0 Å². The number of carbonyl (C=O) groups is 1. The number of nitrogens with one attached hydrogen (secondary N) is 1. The topological polar surface area (TPSA) is 115 Å². The molecule has 3 atom stereocenters. The van der Waals surface area contributed by atoms with Gasteiger partial charge in [-0.05, 0) is 31.7 Å². The van der Waals surface area contributed by atoms with Crippen LogP contribution in [0.15, 0.2) is 6.20 Å². The van der Waals surface area contributed by atoms with Crippen LogP contribution in [-0.4, -0.2) is 58.5 Å². The molecule has 142 valence electrons. The Hall–Kier alpha value is -1.51. The van der Waals surface area contributed by atoms with E-state index in [2.05, 4.69) is 29.5 Å². The lowest BCUT2D eigenvalue weighted by Crippen LogP contribution is -2.48. The number of carbonyl (C=O) groups excluding carboxylic acids is 1. The van der Waals surface area contributed by atoms with Crippen molar-refractivity contribution in [3.05, 3.63) is 11.9 Å². The van der Waals surface area contributed by atoms with Crippen LogP contribution in [0.3, 0.4) is 0 Å². The van der Waals surface area contributed by atoms with Gasteiger partial charge in [0.2, 0.25) is 5.91 Å². The quantitative estimate of drug-likeness (QED) is 0.556.